The van der Waals surface area contributed by atoms with E-state index in [0.717, 1.165) is 24.9 Å². The highest BCUT2D eigenvalue weighted by Crippen LogP contribution is 2.22. The largest absolute Gasteiger partial charge is 0.465 e. The van der Waals surface area contributed by atoms with Crippen molar-refractivity contribution in [3.63, 3.8) is 0 Å². The normalized spacial score (nSPS) is 19.9. The second-order valence-corrected chi connectivity index (χ2v) is 4.43. The molecule has 1 aliphatic heterocycles. The first-order valence-corrected chi connectivity index (χ1v) is 6.32. The summed E-state index contributed by atoms with van der Waals surface area (Å²) in [6, 6.07) is 3.67. The third-order valence-corrected chi connectivity index (χ3v) is 3.22. The molecule has 1 unspecified atom stereocenters. The average Bonchev–Trinajstić information content (AvgIpc) is 2.81. The summed E-state index contributed by atoms with van der Waals surface area (Å²) in [6.07, 6.45) is 3.55. The fourth-order valence-electron chi connectivity index (χ4n) is 2.32. The van der Waals surface area contributed by atoms with E-state index in [1.54, 1.807) is 6.20 Å². The van der Waals surface area contributed by atoms with Crippen molar-refractivity contribution in [3.8, 4) is 0 Å². The number of nitrogen functional groups attached to an aromatic ring is 1. The monoisotopic (exact) mass is 249 g/mol. The van der Waals surface area contributed by atoms with Crippen LogP contribution in [0.25, 0.3) is 0 Å². The van der Waals surface area contributed by atoms with Gasteiger partial charge in [-0.25, -0.2) is 4.98 Å². The average molecular weight is 249 g/mol. The van der Waals surface area contributed by atoms with E-state index in [1.807, 2.05) is 19.1 Å². The van der Waals surface area contributed by atoms with Crippen LogP contribution < -0.4 is 5.73 Å². The Morgan fingerprint density at radius 1 is 1.67 bits per heavy atom. The van der Waals surface area contributed by atoms with Gasteiger partial charge in [-0.2, -0.15) is 0 Å². The topological polar surface area (TPSA) is 68.5 Å². The second-order valence-electron chi connectivity index (χ2n) is 4.43. The molecule has 0 amide bonds. The Bertz CT molecular complexity index is 422. The van der Waals surface area contributed by atoms with Gasteiger partial charge in [0.05, 0.1) is 6.61 Å². The number of likely N-dealkylation sites (tertiary alicyclic amines) is 1. The van der Waals surface area contributed by atoms with Gasteiger partial charge in [0, 0.05) is 18.3 Å². The first-order chi connectivity index (χ1) is 8.72. The number of ether oxygens (including phenoxy) is 1. The number of aromatic nitrogens is 1. The second kappa shape index (κ2) is 5.82. The van der Waals surface area contributed by atoms with Crippen LogP contribution in [0.3, 0.4) is 0 Å². The van der Waals surface area contributed by atoms with Gasteiger partial charge in [0.15, 0.2) is 0 Å². The predicted molar refractivity (Wildman–Crippen MR) is 68.7 cm³/mol. The zero-order valence-corrected chi connectivity index (χ0v) is 10.6. The molecule has 2 rings (SSSR count). The number of hydrogen-bond acceptors (Lipinski definition) is 5. The molecule has 0 aliphatic carbocycles. The Kier molecular flexibility index (Phi) is 4.15. The molecule has 0 bridgehead atoms. The fourth-order valence-corrected chi connectivity index (χ4v) is 2.32. The minimum atomic E-state index is -0.135. The van der Waals surface area contributed by atoms with E-state index in [4.69, 9.17) is 10.5 Å². The maximum absolute atomic E-state index is 11.8. The lowest BCUT2D eigenvalue weighted by molar-refractivity contribution is -0.148. The highest BCUT2D eigenvalue weighted by atomic mass is 16.5. The van der Waals surface area contributed by atoms with Crippen molar-refractivity contribution in [1.29, 1.82) is 0 Å². The summed E-state index contributed by atoms with van der Waals surface area (Å²) < 4.78 is 5.10. The molecule has 0 spiro atoms. The maximum Gasteiger partial charge on any atom is 0.323 e. The minimum Gasteiger partial charge on any atom is -0.465 e. The van der Waals surface area contributed by atoms with Crippen LogP contribution in [-0.2, 0) is 16.1 Å². The number of esters is 1. The molecular formula is C13H19N3O2. The first kappa shape index (κ1) is 12.8. The van der Waals surface area contributed by atoms with Gasteiger partial charge in [-0.1, -0.05) is 6.07 Å². The maximum atomic E-state index is 11.8. The molecule has 18 heavy (non-hydrogen) atoms. The Morgan fingerprint density at radius 3 is 3.22 bits per heavy atom. The van der Waals surface area contributed by atoms with Crippen LogP contribution in [0.2, 0.25) is 0 Å². The van der Waals surface area contributed by atoms with Crippen LogP contribution in [0.1, 0.15) is 25.3 Å². The summed E-state index contributed by atoms with van der Waals surface area (Å²) in [5, 5.41) is 0. The lowest BCUT2D eigenvalue weighted by atomic mass is 10.2. The van der Waals surface area contributed by atoms with E-state index < -0.39 is 0 Å². The Labute approximate surface area is 107 Å². The van der Waals surface area contributed by atoms with E-state index in [2.05, 4.69) is 9.88 Å². The number of rotatable bonds is 4. The molecule has 1 saturated heterocycles. The smallest absolute Gasteiger partial charge is 0.323 e. The number of hydrogen-bond donors (Lipinski definition) is 1. The SMILES string of the molecule is CCOC(=O)C1CCCN1Cc1cccnc1N. The van der Waals surface area contributed by atoms with E-state index in [1.165, 1.54) is 0 Å². The molecule has 98 valence electrons. The lowest BCUT2D eigenvalue weighted by Crippen LogP contribution is -2.37. The Hall–Kier alpha value is -1.62. The lowest BCUT2D eigenvalue weighted by Gasteiger charge is -2.23. The number of carbonyl (C=O) groups excluding carboxylic acids is 1. The van der Waals surface area contributed by atoms with E-state index in [9.17, 15) is 4.79 Å². The van der Waals surface area contributed by atoms with E-state index in [0.29, 0.717) is 19.0 Å². The summed E-state index contributed by atoms with van der Waals surface area (Å²) in [6.45, 7) is 3.81. The Balaban J connectivity index is 2.04. The minimum absolute atomic E-state index is 0.127. The van der Waals surface area contributed by atoms with Crippen molar-refractivity contribution in [1.82, 2.24) is 9.88 Å². The van der Waals surface area contributed by atoms with Crippen molar-refractivity contribution in [2.45, 2.75) is 32.4 Å². The van der Waals surface area contributed by atoms with Crippen LogP contribution in [0.4, 0.5) is 5.82 Å². The third-order valence-electron chi connectivity index (χ3n) is 3.22. The fraction of sp³-hybridized carbons (Fsp3) is 0.538. The number of carbonyl (C=O) groups is 1. The van der Waals surface area contributed by atoms with Gasteiger partial charge in [0.1, 0.15) is 11.9 Å². The van der Waals surface area contributed by atoms with Crippen molar-refractivity contribution in [2.75, 3.05) is 18.9 Å². The predicted octanol–water partition coefficient (Wildman–Crippen LogP) is 1.19. The molecule has 0 aromatic carbocycles. The molecule has 1 atom stereocenters. The summed E-state index contributed by atoms with van der Waals surface area (Å²) in [5.74, 6) is 0.407. The quantitative estimate of drug-likeness (QED) is 0.812. The van der Waals surface area contributed by atoms with Gasteiger partial charge in [-0.15, -0.1) is 0 Å². The van der Waals surface area contributed by atoms with E-state index >= 15 is 0 Å². The van der Waals surface area contributed by atoms with Crippen LogP contribution in [0.5, 0.6) is 0 Å². The van der Waals surface area contributed by atoms with Gasteiger partial charge in [-0.3, -0.25) is 9.69 Å². The summed E-state index contributed by atoms with van der Waals surface area (Å²) in [4.78, 5) is 18.0. The standard InChI is InChI=1S/C13H19N3O2/c1-2-18-13(17)11-6-4-8-16(11)9-10-5-3-7-15-12(10)14/h3,5,7,11H,2,4,6,8-9H2,1H3,(H2,14,15). The van der Waals surface area contributed by atoms with Gasteiger partial charge in [0.2, 0.25) is 0 Å². The molecular weight excluding hydrogens is 230 g/mol. The van der Waals surface area contributed by atoms with Gasteiger partial charge >= 0.3 is 5.97 Å². The van der Waals surface area contributed by atoms with Crippen molar-refractivity contribution in [3.05, 3.63) is 23.9 Å². The number of nitrogens with two attached hydrogens (primary N) is 1. The van der Waals surface area contributed by atoms with Crippen molar-refractivity contribution < 1.29 is 9.53 Å². The first-order valence-electron chi connectivity index (χ1n) is 6.32. The van der Waals surface area contributed by atoms with Crippen molar-refractivity contribution in [2.24, 2.45) is 0 Å². The van der Waals surface area contributed by atoms with Crippen LogP contribution in [-0.4, -0.2) is 35.0 Å². The Morgan fingerprint density at radius 2 is 2.50 bits per heavy atom. The zero-order valence-electron chi connectivity index (χ0n) is 10.6. The van der Waals surface area contributed by atoms with Crippen LogP contribution in [0.15, 0.2) is 18.3 Å². The molecule has 1 aromatic rings. The molecule has 0 saturated carbocycles. The summed E-state index contributed by atoms with van der Waals surface area (Å²) in [7, 11) is 0. The van der Waals surface area contributed by atoms with Crippen LogP contribution in [0, 0.1) is 0 Å². The number of pyridine rings is 1. The van der Waals surface area contributed by atoms with E-state index in [-0.39, 0.29) is 12.0 Å². The van der Waals surface area contributed by atoms with Gasteiger partial charge in [0.25, 0.3) is 0 Å². The summed E-state index contributed by atoms with van der Waals surface area (Å²) in [5.41, 5.74) is 6.79. The molecule has 1 aliphatic rings. The summed E-state index contributed by atoms with van der Waals surface area (Å²) >= 11 is 0. The molecule has 2 N–H and O–H groups in total. The third kappa shape index (κ3) is 2.79. The molecule has 0 radical (unpaired) electrons. The molecule has 1 aromatic heterocycles. The molecule has 1 fully saturated rings. The van der Waals surface area contributed by atoms with Crippen LogP contribution >= 0.6 is 0 Å². The van der Waals surface area contributed by atoms with Crippen molar-refractivity contribution >= 4 is 11.8 Å². The number of anilines is 1. The highest BCUT2D eigenvalue weighted by molar-refractivity contribution is 5.76. The highest BCUT2D eigenvalue weighted by Gasteiger charge is 2.31. The molecule has 5 nitrogen and oxygen atoms in total. The number of nitrogens with zero attached hydrogens (tertiary/aromatic N) is 2. The molecule has 2 heterocycles. The zero-order chi connectivity index (χ0) is 13.0. The van der Waals surface area contributed by atoms with Gasteiger partial charge < -0.3 is 10.5 Å². The molecule has 5 heteroatoms. The van der Waals surface area contributed by atoms with Gasteiger partial charge in [-0.05, 0) is 32.4 Å².